The van der Waals surface area contributed by atoms with E-state index in [1.165, 1.54) is 5.57 Å². The van der Waals surface area contributed by atoms with Gasteiger partial charge in [-0.25, -0.2) is 0 Å². The van der Waals surface area contributed by atoms with Gasteiger partial charge in [-0.15, -0.1) is 0 Å². The average Bonchev–Trinajstić information content (AvgIpc) is 3.13. The highest BCUT2D eigenvalue weighted by Crippen LogP contribution is 2.47. The summed E-state index contributed by atoms with van der Waals surface area (Å²) in [6.45, 7) is 2.17. The van der Waals surface area contributed by atoms with Crippen molar-refractivity contribution < 1.29 is 15.0 Å². The van der Waals surface area contributed by atoms with Crippen molar-refractivity contribution in [3.63, 3.8) is 0 Å². The minimum absolute atomic E-state index is 0.157. The Bertz CT molecular complexity index is 532. The molecule has 0 aromatic carbocycles. The zero-order chi connectivity index (χ0) is 19.8. The van der Waals surface area contributed by atoms with Gasteiger partial charge in [0, 0.05) is 37.9 Å². The molecule has 5 heteroatoms. The van der Waals surface area contributed by atoms with Crippen LogP contribution in [0.3, 0.4) is 0 Å². The molecule has 1 fully saturated rings. The molecule has 0 radical (unpaired) electrons. The lowest BCUT2D eigenvalue weighted by atomic mass is 9.89. The van der Waals surface area contributed by atoms with Crippen LogP contribution in [0.25, 0.3) is 0 Å². The predicted molar refractivity (Wildman–Crippen MR) is 114 cm³/mol. The van der Waals surface area contributed by atoms with Crippen molar-refractivity contribution in [3.8, 4) is 0 Å². The van der Waals surface area contributed by atoms with Crippen molar-refractivity contribution in [2.24, 2.45) is 17.8 Å². The molecule has 2 rings (SSSR count). The lowest BCUT2D eigenvalue weighted by molar-refractivity contribution is -0.128. The van der Waals surface area contributed by atoms with E-state index in [-0.39, 0.29) is 24.0 Å². The third-order valence-electron chi connectivity index (χ3n) is 5.86. The Hall–Kier alpha value is -0.780. The Kier molecular flexibility index (Phi) is 9.40. The van der Waals surface area contributed by atoms with Crippen molar-refractivity contribution in [1.82, 2.24) is 4.90 Å². The van der Waals surface area contributed by atoms with E-state index in [0.29, 0.717) is 18.3 Å². The second-order valence-corrected chi connectivity index (χ2v) is 9.38. The number of carbonyl (C=O) groups excluding carboxylic acids is 1. The highest BCUT2D eigenvalue weighted by atomic mass is 32.2. The quantitative estimate of drug-likeness (QED) is 0.414. The highest BCUT2D eigenvalue weighted by Gasteiger charge is 2.43. The molecule has 1 amide bonds. The van der Waals surface area contributed by atoms with E-state index >= 15 is 0 Å². The normalized spacial score (nSPS) is 28.4. The number of amides is 1. The first-order chi connectivity index (χ1) is 12.9. The molecule has 0 saturated heterocycles. The Morgan fingerprint density at radius 3 is 2.89 bits per heavy atom. The van der Waals surface area contributed by atoms with Crippen LogP contribution >= 0.6 is 11.8 Å². The number of unbranched alkanes of at least 4 members (excludes halogenated alkanes) is 2. The number of carbonyl (C=O) groups is 1. The van der Waals surface area contributed by atoms with E-state index in [4.69, 9.17) is 0 Å². The molecule has 0 aliphatic heterocycles. The summed E-state index contributed by atoms with van der Waals surface area (Å²) in [5.74, 6) is 3.12. The first-order valence-corrected chi connectivity index (χ1v) is 11.6. The Labute approximate surface area is 169 Å². The van der Waals surface area contributed by atoms with Crippen LogP contribution in [0.15, 0.2) is 23.8 Å². The van der Waals surface area contributed by atoms with Crippen LogP contribution in [0, 0.1) is 17.8 Å². The van der Waals surface area contributed by atoms with Crippen LogP contribution in [-0.2, 0) is 4.79 Å². The Balaban J connectivity index is 1.76. The van der Waals surface area contributed by atoms with Gasteiger partial charge in [0.15, 0.2) is 0 Å². The number of hydrogen-bond acceptors (Lipinski definition) is 4. The number of nitrogens with zero attached hydrogens (tertiary/aromatic N) is 1. The van der Waals surface area contributed by atoms with E-state index in [2.05, 4.69) is 19.1 Å². The number of hydrogen-bond donors (Lipinski definition) is 2. The fourth-order valence-corrected chi connectivity index (χ4v) is 5.19. The van der Waals surface area contributed by atoms with E-state index < -0.39 is 0 Å². The summed E-state index contributed by atoms with van der Waals surface area (Å²) in [4.78, 5) is 13.3. The molecule has 0 aromatic rings. The molecule has 27 heavy (non-hydrogen) atoms. The van der Waals surface area contributed by atoms with Crippen LogP contribution in [0.4, 0.5) is 0 Å². The third kappa shape index (κ3) is 6.95. The van der Waals surface area contributed by atoms with Gasteiger partial charge < -0.3 is 15.1 Å². The van der Waals surface area contributed by atoms with Crippen molar-refractivity contribution in [2.45, 2.75) is 64.1 Å². The predicted octanol–water partition coefficient (Wildman–Crippen LogP) is 3.64. The van der Waals surface area contributed by atoms with Crippen molar-refractivity contribution >= 4 is 17.7 Å². The number of thioether (sulfide) groups is 1. The monoisotopic (exact) mass is 395 g/mol. The molecule has 2 aliphatic rings. The SMILES string of the molecule is CCCCC[C@H](O)C=C[C@@H]1[C@H]2CC(CSCCC(=O)N(C)C)=C[C@H]2C[C@H]1O. The van der Waals surface area contributed by atoms with Crippen molar-refractivity contribution in [3.05, 3.63) is 23.8 Å². The molecule has 5 atom stereocenters. The Morgan fingerprint density at radius 2 is 2.19 bits per heavy atom. The molecule has 0 spiro atoms. The first kappa shape index (κ1) is 22.5. The maximum absolute atomic E-state index is 11.6. The van der Waals surface area contributed by atoms with Gasteiger partial charge in [-0.1, -0.05) is 50.0 Å². The van der Waals surface area contributed by atoms with E-state index in [0.717, 1.165) is 50.0 Å². The van der Waals surface area contributed by atoms with Crippen LogP contribution in [0.1, 0.15) is 51.9 Å². The fourth-order valence-electron chi connectivity index (χ4n) is 4.25. The number of allylic oxidation sites excluding steroid dienone is 1. The first-order valence-electron chi connectivity index (χ1n) is 10.4. The van der Waals surface area contributed by atoms with Crippen LogP contribution in [0.5, 0.6) is 0 Å². The van der Waals surface area contributed by atoms with Crippen LogP contribution < -0.4 is 0 Å². The zero-order valence-corrected chi connectivity index (χ0v) is 18.0. The highest BCUT2D eigenvalue weighted by molar-refractivity contribution is 7.99. The molecular weight excluding hydrogens is 358 g/mol. The van der Waals surface area contributed by atoms with Crippen LogP contribution in [-0.4, -0.2) is 58.8 Å². The topological polar surface area (TPSA) is 60.8 Å². The van der Waals surface area contributed by atoms with Crippen LogP contribution in [0.2, 0.25) is 0 Å². The van der Waals surface area contributed by atoms with Gasteiger partial charge in [0.25, 0.3) is 0 Å². The largest absolute Gasteiger partial charge is 0.392 e. The van der Waals surface area contributed by atoms with Gasteiger partial charge in [0.1, 0.15) is 0 Å². The van der Waals surface area contributed by atoms with Gasteiger partial charge in [0.05, 0.1) is 12.2 Å². The summed E-state index contributed by atoms with van der Waals surface area (Å²) < 4.78 is 0. The Morgan fingerprint density at radius 1 is 1.41 bits per heavy atom. The summed E-state index contributed by atoms with van der Waals surface area (Å²) in [5.41, 5.74) is 1.46. The molecule has 4 nitrogen and oxygen atoms in total. The molecule has 0 aromatic heterocycles. The van der Waals surface area contributed by atoms with Gasteiger partial charge in [0.2, 0.25) is 5.91 Å². The van der Waals surface area contributed by atoms with E-state index in [1.807, 2.05) is 17.8 Å². The fraction of sp³-hybridized carbons (Fsp3) is 0.773. The van der Waals surface area contributed by atoms with Gasteiger partial charge in [-0.05, 0) is 31.1 Å². The van der Waals surface area contributed by atoms with Gasteiger partial charge in [-0.2, -0.15) is 11.8 Å². The lowest BCUT2D eigenvalue weighted by Crippen LogP contribution is -2.21. The maximum atomic E-state index is 11.6. The van der Waals surface area contributed by atoms with Gasteiger partial charge >= 0.3 is 0 Å². The summed E-state index contributed by atoms with van der Waals surface area (Å²) in [5, 5.41) is 20.6. The maximum Gasteiger partial charge on any atom is 0.222 e. The second-order valence-electron chi connectivity index (χ2n) is 8.28. The minimum atomic E-state index is -0.388. The number of fused-ring (bicyclic) bond motifs is 1. The summed E-state index contributed by atoms with van der Waals surface area (Å²) in [6.07, 6.45) is 12.3. The molecule has 2 N–H and O–H groups in total. The zero-order valence-electron chi connectivity index (χ0n) is 17.1. The standard InChI is InChI=1S/C22H37NO3S/c1-4-5-6-7-18(24)8-9-19-20-13-16(12-17(20)14-21(19)25)15-27-11-10-22(26)23(2)3/h8-9,12,17-21,24-25H,4-7,10-11,13-15H2,1-3H3/t17-,18-,19+,20-,21+/m0/s1. The van der Waals surface area contributed by atoms with E-state index in [9.17, 15) is 15.0 Å². The number of rotatable bonds is 11. The molecule has 0 bridgehead atoms. The second kappa shape index (κ2) is 11.3. The number of aliphatic hydroxyl groups excluding tert-OH is 2. The summed E-state index contributed by atoms with van der Waals surface area (Å²) in [7, 11) is 3.60. The van der Waals surface area contributed by atoms with Crippen molar-refractivity contribution in [2.75, 3.05) is 25.6 Å². The molecule has 0 unspecified atom stereocenters. The molecule has 2 aliphatic carbocycles. The third-order valence-corrected chi connectivity index (χ3v) is 6.92. The molecule has 1 saturated carbocycles. The molecular formula is C22H37NO3S. The minimum Gasteiger partial charge on any atom is -0.392 e. The smallest absolute Gasteiger partial charge is 0.222 e. The summed E-state index contributed by atoms with van der Waals surface area (Å²) >= 11 is 1.83. The van der Waals surface area contributed by atoms with E-state index in [1.54, 1.807) is 19.0 Å². The molecule has 0 heterocycles. The molecule has 154 valence electrons. The van der Waals surface area contributed by atoms with Gasteiger partial charge in [-0.3, -0.25) is 4.79 Å². The van der Waals surface area contributed by atoms with Crippen molar-refractivity contribution in [1.29, 1.82) is 0 Å². The summed E-state index contributed by atoms with van der Waals surface area (Å²) in [6, 6.07) is 0. The number of aliphatic hydroxyl groups is 2. The average molecular weight is 396 g/mol. The lowest BCUT2D eigenvalue weighted by Gasteiger charge is -2.19.